The van der Waals surface area contributed by atoms with Crippen LogP contribution in [0.25, 0.3) is 5.76 Å². The molecule has 6 nitrogen and oxygen atoms in total. The molecular formula is C27H22ClF2NO5. The fraction of sp³-hybridized carbons (Fsp3) is 0.185. The van der Waals surface area contributed by atoms with Gasteiger partial charge >= 0.3 is 0 Å². The Morgan fingerprint density at radius 2 is 1.56 bits per heavy atom. The largest absolute Gasteiger partial charge is 0.507 e. The lowest BCUT2D eigenvalue weighted by atomic mass is 9.95. The third-order valence-electron chi connectivity index (χ3n) is 5.64. The van der Waals surface area contributed by atoms with Crippen molar-refractivity contribution in [2.75, 3.05) is 18.1 Å². The van der Waals surface area contributed by atoms with Crippen LogP contribution in [-0.4, -0.2) is 30.0 Å². The average Bonchev–Trinajstić information content (AvgIpc) is 3.13. The van der Waals surface area contributed by atoms with E-state index in [-0.39, 0.29) is 21.8 Å². The summed E-state index contributed by atoms with van der Waals surface area (Å²) >= 11 is 6.33. The molecule has 1 N–H and O–H groups in total. The van der Waals surface area contributed by atoms with Crippen LogP contribution in [0.2, 0.25) is 5.02 Å². The number of aliphatic hydroxyl groups is 1. The van der Waals surface area contributed by atoms with E-state index in [0.29, 0.717) is 30.3 Å². The van der Waals surface area contributed by atoms with E-state index in [0.717, 1.165) is 17.0 Å². The number of nitrogens with zero attached hydrogens (tertiary/aromatic N) is 1. The Morgan fingerprint density at radius 3 is 2.19 bits per heavy atom. The second kappa shape index (κ2) is 10.4. The minimum Gasteiger partial charge on any atom is -0.507 e. The van der Waals surface area contributed by atoms with Gasteiger partial charge in [0.05, 0.1) is 29.9 Å². The zero-order valence-electron chi connectivity index (χ0n) is 19.4. The summed E-state index contributed by atoms with van der Waals surface area (Å²) in [6, 6.07) is 12.8. The van der Waals surface area contributed by atoms with Gasteiger partial charge in [-0.05, 0) is 61.9 Å². The van der Waals surface area contributed by atoms with Gasteiger partial charge in [-0.25, -0.2) is 8.78 Å². The van der Waals surface area contributed by atoms with Crippen LogP contribution in [0, 0.1) is 11.6 Å². The molecule has 0 radical (unpaired) electrons. The van der Waals surface area contributed by atoms with Gasteiger partial charge in [0.15, 0.2) is 11.6 Å². The molecule has 1 unspecified atom stereocenters. The molecule has 0 spiro atoms. The Morgan fingerprint density at radius 1 is 0.917 bits per heavy atom. The van der Waals surface area contributed by atoms with Crippen molar-refractivity contribution in [2.24, 2.45) is 0 Å². The highest BCUT2D eigenvalue weighted by molar-refractivity contribution is 6.52. The molecule has 186 valence electrons. The topological polar surface area (TPSA) is 76.1 Å². The minimum absolute atomic E-state index is 0.0527. The quantitative estimate of drug-likeness (QED) is 0.237. The molecule has 0 bridgehead atoms. The van der Waals surface area contributed by atoms with Gasteiger partial charge in [-0.15, -0.1) is 0 Å². The summed E-state index contributed by atoms with van der Waals surface area (Å²) in [7, 11) is 0. The highest BCUT2D eigenvalue weighted by atomic mass is 35.5. The summed E-state index contributed by atoms with van der Waals surface area (Å²) in [4.78, 5) is 27.5. The number of aliphatic hydroxyl groups excluding tert-OH is 1. The number of benzene rings is 3. The average molecular weight is 514 g/mol. The van der Waals surface area contributed by atoms with Crippen LogP contribution < -0.4 is 14.4 Å². The number of ketones is 1. The van der Waals surface area contributed by atoms with Crippen LogP contribution in [0.1, 0.15) is 31.0 Å². The molecule has 3 aromatic carbocycles. The molecule has 1 saturated heterocycles. The fourth-order valence-electron chi connectivity index (χ4n) is 4.05. The number of hydrogen-bond acceptors (Lipinski definition) is 5. The number of carbonyl (C=O) groups excluding carboxylic acids is 2. The van der Waals surface area contributed by atoms with Gasteiger partial charge in [-0.1, -0.05) is 23.7 Å². The standard InChI is InChI=1S/C27H22ClF2NO5/c1-3-35-17-8-5-15(6-9-17)24-23(25(32)19-14-18(36-4-2)10-11-20(19)28)26(33)27(34)31(24)16-7-12-21(29)22(30)13-16/h5-14,24,32H,3-4H2,1-2H3/b25-23+. The Balaban J connectivity index is 1.94. The van der Waals surface area contributed by atoms with Gasteiger partial charge in [0, 0.05) is 17.3 Å². The molecule has 0 aliphatic carbocycles. The maximum absolute atomic E-state index is 14.1. The second-order valence-corrected chi connectivity index (χ2v) is 8.25. The highest BCUT2D eigenvalue weighted by Gasteiger charge is 2.47. The van der Waals surface area contributed by atoms with Gasteiger partial charge < -0.3 is 14.6 Å². The van der Waals surface area contributed by atoms with E-state index in [1.807, 2.05) is 6.92 Å². The van der Waals surface area contributed by atoms with Crippen molar-refractivity contribution in [2.45, 2.75) is 19.9 Å². The molecule has 0 saturated carbocycles. The number of halogens is 3. The zero-order valence-corrected chi connectivity index (χ0v) is 20.2. The smallest absolute Gasteiger partial charge is 0.300 e. The summed E-state index contributed by atoms with van der Waals surface area (Å²) in [5.41, 5.74) is 0.204. The predicted octanol–water partition coefficient (Wildman–Crippen LogP) is 6.04. The van der Waals surface area contributed by atoms with Crippen molar-refractivity contribution >= 4 is 34.7 Å². The number of rotatable bonds is 7. The normalized spacial score (nSPS) is 16.9. The minimum atomic E-state index is -1.19. The van der Waals surface area contributed by atoms with Crippen LogP contribution >= 0.6 is 11.6 Å². The van der Waals surface area contributed by atoms with E-state index >= 15 is 0 Å². The molecule has 1 heterocycles. The summed E-state index contributed by atoms with van der Waals surface area (Å²) in [5, 5.41) is 11.4. The van der Waals surface area contributed by atoms with E-state index < -0.39 is 35.1 Å². The fourth-order valence-corrected chi connectivity index (χ4v) is 4.26. The van der Waals surface area contributed by atoms with Crippen molar-refractivity contribution in [3.05, 3.63) is 94.0 Å². The molecule has 1 aliphatic heterocycles. The van der Waals surface area contributed by atoms with E-state index in [1.165, 1.54) is 18.2 Å². The van der Waals surface area contributed by atoms with E-state index in [9.17, 15) is 23.5 Å². The van der Waals surface area contributed by atoms with E-state index in [4.69, 9.17) is 21.1 Å². The SMILES string of the molecule is CCOc1ccc(C2/C(=C(\O)c3cc(OCC)ccc3Cl)C(=O)C(=O)N2c2ccc(F)c(F)c2)cc1. The third-order valence-corrected chi connectivity index (χ3v) is 5.97. The first-order valence-electron chi connectivity index (χ1n) is 11.2. The molecular weight excluding hydrogens is 492 g/mol. The van der Waals surface area contributed by atoms with E-state index in [1.54, 1.807) is 37.3 Å². The maximum Gasteiger partial charge on any atom is 0.300 e. The molecule has 0 aromatic heterocycles. The zero-order chi connectivity index (χ0) is 26.0. The first kappa shape index (κ1) is 25.2. The number of hydrogen-bond donors (Lipinski definition) is 1. The molecule has 1 fully saturated rings. The van der Waals surface area contributed by atoms with Gasteiger partial charge in [0.2, 0.25) is 0 Å². The Hall–Kier alpha value is -3.91. The van der Waals surface area contributed by atoms with Crippen molar-refractivity contribution in [3.8, 4) is 11.5 Å². The molecule has 1 amide bonds. The third kappa shape index (κ3) is 4.64. The van der Waals surface area contributed by atoms with Gasteiger partial charge in [-0.3, -0.25) is 14.5 Å². The molecule has 9 heteroatoms. The lowest BCUT2D eigenvalue weighted by Gasteiger charge is -2.25. The van der Waals surface area contributed by atoms with Crippen LogP contribution in [0.4, 0.5) is 14.5 Å². The summed E-state index contributed by atoms with van der Waals surface area (Å²) in [6.45, 7) is 4.40. The van der Waals surface area contributed by atoms with Crippen molar-refractivity contribution in [1.82, 2.24) is 0 Å². The molecule has 1 atom stereocenters. The summed E-state index contributed by atoms with van der Waals surface area (Å²) < 4.78 is 38.7. The highest BCUT2D eigenvalue weighted by Crippen LogP contribution is 2.43. The Labute approximate surface area is 211 Å². The van der Waals surface area contributed by atoms with Crippen molar-refractivity contribution < 1.29 is 33.0 Å². The number of anilines is 1. The number of Topliss-reactive ketones (excluding diaryl/α,β-unsaturated/α-hetero) is 1. The second-order valence-electron chi connectivity index (χ2n) is 7.84. The lowest BCUT2D eigenvalue weighted by molar-refractivity contribution is -0.132. The number of carbonyl (C=O) groups is 2. The predicted molar refractivity (Wildman–Crippen MR) is 131 cm³/mol. The van der Waals surface area contributed by atoms with Crippen LogP contribution in [0.15, 0.2) is 66.2 Å². The molecule has 4 rings (SSSR count). The van der Waals surface area contributed by atoms with Gasteiger partial charge in [0.1, 0.15) is 17.3 Å². The van der Waals surface area contributed by atoms with Crippen LogP contribution in [0.5, 0.6) is 11.5 Å². The molecule has 3 aromatic rings. The first-order chi connectivity index (χ1) is 17.3. The Bertz CT molecular complexity index is 1360. The molecule has 36 heavy (non-hydrogen) atoms. The number of ether oxygens (including phenoxy) is 2. The van der Waals surface area contributed by atoms with Crippen LogP contribution in [0.3, 0.4) is 0 Å². The summed E-state index contributed by atoms with van der Waals surface area (Å²) in [5.74, 6) is -3.88. The Kier molecular flexibility index (Phi) is 7.26. The van der Waals surface area contributed by atoms with Crippen molar-refractivity contribution in [3.63, 3.8) is 0 Å². The van der Waals surface area contributed by atoms with E-state index in [2.05, 4.69) is 0 Å². The lowest BCUT2D eigenvalue weighted by Crippen LogP contribution is -2.29. The van der Waals surface area contributed by atoms with Gasteiger partial charge in [-0.2, -0.15) is 0 Å². The van der Waals surface area contributed by atoms with Gasteiger partial charge in [0.25, 0.3) is 11.7 Å². The first-order valence-corrected chi connectivity index (χ1v) is 11.6. The maximum atomic E-state index is 14.1. The molecule has 1 aliphatic rings. The van der Waals surface area contributed by atoms with Crippen LogP contribution in [-0.2, 0) is 9.59 Å². The monoisotopic (exact) mass is 513 g/mol. The summed E-state index contributed by atoms with van der Waals surface area (Å²) in [6.07, 6.45) is 0. The van der Waals surface area contributed by atoms with Crippen molar-refractivity contribution in [1.29, 1.82) is 0 Å². The number of amides is 1.